The summed E-state index contributed by atoms with van der Waals surface area (Å²) in [5.41, 5.74) is 0.648. The van der Waals surface area contributed by atoms with Gasteiger partial charge in [-0.25, -0.2) is 4.39 Å². The molecule has 0 aliphatic rings. The highest BCUT2D eigenvalue weighted by Crippen LogP contribution is 2.18. The van der Waals surface area contributed by atoms with Gasteiger partial charge in [0.05, 0.1) is 0 Å². The van der Waals surface area contributed by atoms with E-state index >= 15 is 0 Å². The molecule has 2 N–H and O–H groups in total. The van der Waals surface area contributed by atoms with Gasteiger partial charge in [-0.2, -0.15) is 0 Å². The highest BCUT2D eigenvalue weighted by Gasteiger charge is 1.98. The van der Waals surface area contributed by atoms with E-state index in [4.69, 9.17) is 5.11 Å². The van der Waals surface area contributed by atoms with Crippen molar-refractivity contribution in [1.82, 2.24) is 0 Å². The second-order valence-corrected chi connectivity index (χ2v) is 1.92. The van der Waals surface area contributed by atoms with Crippen LogP contribution in [-0.2, 0) is 0 Å². The molecule has 1 aromatic rings. The van der Waals surface area contributed by atoms with Crippen molar-refractivity contribution in [3.63, 3.8) is 0 Å². The number of phenolic OH excluding ortho intramolecular Hbond substituents is 1. The molecule has 0 fully saturated rings. The summed E-state index contributed by atoms with van der Waals surface area (Å²) in [6.45, 7) is 0. The van der Waals surface area contributed by atoms with Crippen molar-refractivity contribution < 1.29 is 9.50 Å². The molecule has 0 atom stereocenters. The predicted octanol–water partition coefficient (Wildman–Crippen LogP) is 1.57. The van der Waals surface area contributed by atoms with E-state index in [0.29, 0.717) is 5.69 Å². The van der Waals surface area contributed by atoms with Gasteiger partial charge in [-0.15, -0.1) is 0 Å². The minimum atomic E-state index is -0.605. The summed E-state index contributed by atoms with van der Waals surface area (Å²) in [4.78, 5) is 0. The summed E-state index contributed by atoms with van der Waals surface area (Å²) >= 11 is 0. The third kappa shape index (κ3) is 1.18. The van der Waals surface area contributed by atoms with Gasteiger partial charge in [0.2, 0.25) is 0 Å². The van der Waals surface area contributed by atoms with Crippen molar-refractivity contribution in [2.45, 2.75) is 0 Å². The van der Waals surface area contributed by atoms with Crippen LogP contribution in [0.4, 0.5) is 10.1 Å². The summed E-state index contributed by atoms with van der Waals surface area (Å²) in [5.74, 6) is -0.925. The van der Waals surface area contributed by atoms with Gasteiger partial charge in [-0.1, -0.05) is 0 Å². The fourth-order valence-electron chi connectivity index (χ4n) is 0.662. The van der Waals surface area contributed by atoms with Crippen LogP contribution in [0.25, 0.3) is 0 Å². The van der Waals surface area contributed by atoms with Crippen LogP contribution < -0.4 is 5.32 Å². The third-order valence-electron chi connectivity index (χ3n) is 1.24. The molecular formula is C7H8FNO. The molecule has 0 bridgehead atoms. The molecule has 0 aliphatic heterocycles. The van der Waals surface area contributed by atoms with E-state index in [9.17, 15) is 4.39 Å². The summed E-state index contributed by atoms with van der Waals surface area (Å²) < 4.78 is 12.5. The molecule has 1 rings (SSSR count). The molecule has 0 amide bonds. The fraction of sp³-hybridized carbons (Fsp3) is 0.143. The van der Waals surface area contributed by atoms with Crippen molar-refractivity contribution in [1.29, 1.82) is 0 Å². The number of nitrogens with one attached hydrogen (secondary N) is 1. The van der Waals surface area contributed by atoms with Gasteiger partial charge in [0.25, 0.3) is 0 Å². The van der Waals surface area contributed by atoms with E-state index in [1.54, 1.807) is 13.1 Å². The summed E-state index contributed by atoms with van der Waals surface area (Å²) in [6, 6.07) is 4.13. The van der Waals surface area contributed by atoms with E-state index < -0.39 is 5.82 Å². The Hall–Kier alpha value is -1.25. The molecule has 2 nitrogen and oxygen atoms in total. The summed E-state index contributed by atoms with van der Waals surface area (Å²) in [7, 11) is 1.69. The molecule has 0 aromatic heterocycles. The Bertz CT molecular complexity index is 237. The predicted molar refractivity (Wildman–Crippen MR) is 37.6 cm³/mol. The van der Waals surface area contributed by atoms with Gasteiger partial charge in [0.15, 0.2) is 11.6 Å². The van der Waals surface area contributed by atoms with Gasteiger partial charge >= 0.3 is 0 Å². The van der Waals surface area contributed by atoms with Crippen LogP contribution in [0, 0.1) is 5.82 Å². The maximum Gasteiger partial charge on any atom is 0.166 e. The molecule has 0 radical (unpaired) electrons. The van der Waals surface area contributed by atoms with Crippen LogP contribution in [0.2, 0.25) is 0 Å². The first kappa shape index (κ1) is 6.86. The Morgan fingerprint density at radius 2 is 2.20 bits per heavy atom. The first-order valence-corrected chi connectivity index (χ1v) is 2.90. The highest BCUT2D eigenvalue weighted by molar-refractivity contribution is 5.46. The van der Waals surface area contributed by atoms with Crippen LogP contribution in [0.5, 0.6) is 5.75 Å². The van der Waals surface area contributed by atoms with E-state index in [1.165, 1.54) is 12.1 Å². The number of hydrogen-bond donors (Lipinski definition) is 2. The maximum atomic E-state index is 12.5. The lowest BCUT2D eigenvalue weighted by molar-refractivity contribution is 0.432. The highest BCUT2D eigenvalue weighted by atomic mass is 19.1. The third-order valence-corrected chi connectivity index (χ3v) is 1.24. The van der Waals surface area contributed by atoms with Gasteiger partial charge in [0.1, 0.15) is 0 Å². The number of halogens is 1. The lowest BCUT2D eigenvalue weighted by atomic mass is 10.3. The average molecular weight is 141 g/mol. The van der Waals surface area contributed by atoms with E-state index in [1.807, 2.05) is 0 Å². The summed E-state index contributed by atoms with van der Waals surface area (Å²) in [5, 5.41) is 11.5. The number of aromatic hydroxyl groups is 1. The minimum Gasteiger partial charge on any atom is -0.505 e. The van der Waals surface area contributed by atoms with E-state index in [2.05, 4.69) is 5.32 Å². The molecular weight excluding hydrogens is 133 g/mol. The lowest BCUT2D eigenvalue weighted by Gasteiger charge is -1.99. The minimum absolute atomic E-state index is 0.320. The maximum absolute atomic E-state index is 12.5. The molecule has 0 saturated heterocycles. The number of benzene rings is 1. The fourth-order valence-corrected chi connectivity index (χ4v) is 0.662. The monoisotopic (exact) mass is 141 g/mol. The second-order valence-electron chi connectivity index (χ2n) is 1.92. The molecule has 54 valence electrons. The Kier molecular flexibility index (Phi) is 1.76. The zero-order valence-corrected chi connectivity index (χ0v) is 5.56. The zero-order chi connectivity index (χ0) is 7.56. The van der Waals surface area contributed by atoms with Crippen LogP contribution in [0.3, 0.4) is 0 Å². The van der Waals surface area contributed by atoms with E-state index in [0.717, 1.165) is 0 Å². The van der Waals surface area contributed by atoms with Crippen LogP contribution in [0.1, 0.15) is 0 Å². The van der Waals surface area contributed by atoms with Crippen LogP contribution >= 0.6 is 0 Å². The van der Waals surface area contributed by atoms with Gasteiger partial charge in [-0.3, -0.25) is 0 Å². The second kappa shape index (κ2) is 2.56. The normalized spacial score (nSPS) is 9.40. The average Bonchev–Trinajstić information content (AvgIpc) is 1.95. The van der Waals surface area contributed by atoms with Crippen molar-refractivity contribution in [3.05, 3.63) is 24.0 Å². The van der Waals surface area contributed by atoms with E-state index in [-0.39, 0.29) is 5.75 Å². The molecule has 1 aromatic carbocycles. The quantitative estimate of drug-likeness (QED) is 0.582. The Morgan fingerprint density at radius 3 is 2.70 bits per heavy atom. The molecule has 0 heterocycles. The molecule has 0 saturated carbocycles. The summed E-state index contributed by atoms with van der Waals surface area (Å²) in [6.07, 6.45) is 0. The SMILES string of the molecule is CNc1ccc(O)c(F)c1. The number of hydrogen-bond acceptors (Lipinski definition) is 2. The van der Waals surface area contributed by atoms with Crippen molar-refractivity contribution in [3.8, 4) is 5.75 Å². The van der Waals surface area contributed by atoms with Gasteiger partial charge in [0, 0.05) is 18.8 Å². The van der Waals surface area contributed by atoms with Crippen molar-refractivity contribution in [2.24, 2.45) is 0 Å². The topological polar surface area (TPSA) is 32.3 Å². The van der Waals surface area contributed by atoms with Crippen molar-refractivity contribution >= 4 is 5.69 Å². The van der Waals surface area contributed by atoms with Crippen molar-refractivity contribution in [2.75, 3.05) is 12.4 Å². The molecule has 0 spiro atoms. The molecule has 0 unspecified atom stereocenters. The van der Waals surface area contributed by atoms with Gasteiger partial charge in [-0.05, 0) is 12.1 Å². The number of anilines is 1. The van der Waals surface area contributed by atoms with Gasteiger partial charge < -0.3 is 10.4 Å². The first-order valence-electron chi connectivity index (χ1n) is 2.90. The van der Waals surface area contributed by atoms with Crippen LogP contribution in [-0.4, -0.2) is 12.2 Å². The molecule has 3 heteroatoms. The molecule has 10 heavy (non-hydrogen) atoms. The Labute approximate surface area is 58.3 Å². The number of phenols is 1. The largest absolute Gasteiger partial charge is 0.505 e. The lowest BCUT2D eigenvalue weighted by Crippen LogP contribution is -1.87. The Morgan fingerprint density at radius 1 is 1.50 bits per heavy atom. The zero-order valence-electron chi connectivity index (χ0n) is 5.56. The smallest absolute Gasteiger partial charge is 0.166 e. The Balaban J connectivity index is 3.04. The first-order chi connectivity index (χ1) is 4.74. The number of rotatable bonds is 1. The van der Waals surface area contributed by atoms with Crippen LogP contribution in [0.15, 0.2) is 18.2 Å². The molecule has 0 aliphatic carbocycles. The standard InChI is InChI=1S/C7H8FNO/c1-9-5-2-3-7(10)6(8)4-5/h2-4,9-10H,1H3.